The first-order chi connectivity index (χ1) is 12.5. The van der Waals surface area contributed by atoms with Gasteiger partial charge in [0.15, 0.2) is 6.73 Å². The number of fused-ring (bicyclic) bond motifs is 1. The van der Waals surface area contributed by atoms with Gasteiger partial charge in [-0.15, -0.1) is 16.7 Å². The number of halogens is 1. The third kappa shape index (κ3) is 2.46. The third-order valence-corrected chi connectivity index (χ3v) is 6.81. The average molecular weight is 374 g/mol. The minimum Gasteiger partial charge on any atom is -0.442 e. The molecule has 0 amide bonds. The Bertz CT molecular complexity index is 942. The molecule has 6 nitrogen and oxygen atoms in total. The van der Waals surface area contributed by atoms with Crippen LogP contribution in [0.2, 0.25) is 0 Å². The Morgan fingerprint density at radius 1 is 1.23 bits per heavy atom. The minimum absolute atomic E-state index is 0.206. The van der Waals surface area contributed by atoms with E-state index in [-0.39, 0.29) is 23.1 Å². The van der Waals surface area contributed by atoms with E-state index in [4.69, 9.17) is 16.3 Å². The second-order valence-electron chi connectivity index (χ2n) is 8.36. The Labute approximate surface area is 155 Å². The molecule has 7 heteroatoms. The molecule has 0 spiro atoms. The molecule has 136 valence electrons. The van der Waals surface area contributed by atoms with Crippen molar-refractivity contribution in [3.63, 3.8) is 0 Å². The van der Waals surface area contributed by atoms with E-state index in [0.717, 1.165) is 30.4 Å². The molecule has 1 heterocycles. The van der Waals surface area contributed by atoms with Crippen LogP contribution in [0.25, 0.3) is 10.9 Å². The molecule has 2 unspecified atom stereocenters. The van der Waals surface area contributed by atoms with Crippen molar-refractivity contribution >= 4 is 28.5 Å². The van der Waals surface area contributed by atoms with Crippen molar-refractivity contribution in [1.82, 2.24) is 15.0 Å². The van der Waals surface area contributed by atoms with Gasteiger partial charge in [0.2, 0.25) is 0 Å². The molecule has 4 fully saturated rings. The highest BCUT2D eigenvalue weighted by Gasteiger charge is 2.60. The number of benzene rings is 1. The molecule has 4 bridgehead atoms. The van der Waals surface area contributed by atoms with Crippen LogP contribution in [-0.4, -0.2) is 25.8 Å². The summed E-state index contributed by atoms with van der Waals surface area (Å²) in [6.45, 7) is -0.206. The van der Waals surface area contributed by atoms with Gasteiger partial charge in [-0.2, -0.15) is 4.68 Å². The van der Waals surface area contributed by atoms with Crippen LogP contribution in [0.15, 0.2) is 29.1 Å². The zero-order chi connectivity index (χ0) is 17.9. The number of alkyl halides is 1. The van der Waals surface area contributed by atoms with Gasteiger partial charge < -0.3 is 4.74 Å². The number of esters is 1. The van der Waals surface area contributed by atoms with Crippen molar-refractivity contribution in [2.75, 3.05) is 0 Å². The number of carbonyl (C=O) groups is 1. The molecule has 4 aliphatic carbocycles. The van der Waals surface area contributed by atoms with Crippen LogP contribution in [0.5, 0.6) is 0 Å². The van der Waals surface area contributed by atoms with Crippen LogP contribution in [0.1, 0.15) is 38.5 Å². The lowest BCUT2D eigenvalue weighted by molar-refractivity contribution is -0.174. The van der Waals surface area contributed by atoms with Gasteiger partial charge in [0, 0.05) is 4.87 Å². The fourth-order valence-corrected chi connectivity index (χ4v) is 6.46. The standard InChI is InChI=1S/C19H20ClN3O3/c20-19-8-12-5-13(9-19)7-18(6-12,10-19)17(25)26-11-23-16(24)14-3-1-2-4-15(14)21-22-23/h1-4,12-13H,5-11H2. The summed E-state index contributed by atoms with van der Waals surface area (Å²) in [7, 11) is 0. The van der Waals surface area contributed by atoms with Gasteiger partial charge in [0.05, 0.1) is 10.8 Å². The Morgan fingerprint density at radius 2 is 1.96 bits per heavy atom. The number of nitrogens with zero attached hydrogens (tertiary/aromatic N) is 3. The summed E-state index contributed by atoms with van der Waals surface area (Å²) in [5, 5.41) is 8.38. The molecule has 6 rings (SSSR count). The molecule has 0 N–H and O–H groups in total. The molecule has 4 aliphatic rings. The Morgan fingerprint density at radius 3 is 2.69 bits per heavy atom. The van der Waals surface area contributed by atoms with E-state index in [0.29, 0.717) is 29.2 Å². The van der Waals surface area contributed by atoms with Crippen LogP contribution in [0.3, 0.4) is 0 Å². The predicted molar refractivity (Wildman–Crippen MR) is 95.6 cm³/mol. The number of rotatable bonds is 3. The lowest BCUT2D eigenvalue weighted by atomic mass is 9.49. The van der Waals surface area contributed by atoms with Crippen molar-refractivity contribution in [3.8, 4) is 0 Å². The van der Waals surface area contributed by atoms with Gasteiger partial charge in [-0.3, -0.25) is 9.59 Å². The first-order valence-electron chi connectivity index (χ1n) is 9.15. The summed E-state index contributed by atoms with van der Waals surface area (Å²) < 4.78 is 6.66. The second-order valence-corrected chi connectivity index (χ2v) is 9.17. The Balaban J connectivity index is 1.37. The van der Waals surface area contributed by atoms with Crippen molar-refractivity contribution in [2.45, 2.75) is 50.1 Å². The summed E-state index contributed by atoms with van der Waals surface area (Å²) >= 11 is 6.79. The lowest BCUT2D eigenvalue weighted by Gasteiger charge is -2.58. The smallest absolute Gasteiger partial charge is 0.313 e. The third-order valence-electron chi connectivity index (χ3n) is 6.37. The lowest BCUT2D eigenvalue weighted by Crippen LogP contribution is -2.56. The Kier molecular flexibility index (Phi) is 3.45. The number of hydrogen-bond donors (Lipinski definition) is 0. The molecular weight excluding hydrogens is 354 g/mol. The quantitative estimate of drug-likeness (QED) is 0.611. The first kappa shape index (κ1) is 16.2. The van der Waals surface area contributed by atoms with E-state index in [2.05, 4.69) is 10.3 Å². The summed E-state index contributed by atoms with van der Waals surface area (Å²) in [4.78, 5) is 25.2. The molecule has 26 heavy (non-hydrogen) atoms. The number of ether oxygens (including phenoxy) is 1. The molecule has 2 aromatic rings. The van der Waals surface area contributed by atoms with Crippen LogP contribution in [0.4, 0.5) is 0 Å². The fourth-order valence-electron chi connectivity index (χ4n) is 5.77. The van der Waals surface area contributed by atoms with E-state index in [1.165, 1.54) is 6.42 Å². The molecule has 0 saturated heterocycles. The van der Waals surface area contributed by atoms with E-state index in [9.17, 15) is 9.59 Å². The van der Waals surface area contributed by atoms with E-state index >= 15 is 0 Å². The number of hydrogen-bond acceptors (Lipinski definition) is 5. The van der Waals surface area contributed by atoms with Crippen LogP contribution in [0, 0.1) is 17.3 Å². The molecular formula is C19H20ClN3O3. The molecule has 4 saturated carbocycles. The summed E-state index contributed by atoms with van der Waals surface area (Å²) in [5.74, 6) is 0.799. The largest absolute Gasteiger partial charge is 0.442 e. The average Bonchev–Trinajstić information content (AvgIpc) is 2.59. The summed E-state index contributed by atoms with van der Waals surface area (Å²) in [5.41, 5.74) is -0.257. The predicted octanol–water partition coefficient (Wildman–Crippen LogP) is 2.87. The highest BCUT2D eigenvalue weighted by molar-refractivity contribution is 6.24. The van der Waals surface area contributed by atoms with Gasteiger partial charge >= 0.3 is 5.97 Å². The monoisotopic (exact) mass is 373 g/mol. The maximum absolute atomic E-state index is 12.9. The molecule has 2 atom stereocenters. The van der Waals surface area contributed by atoms with Gasteiger partial charge in [0.1, 0.15) is 5.52 Å². The summed E-state index contributed by atoms with van der Waals surface area (Å²) in [6.07, 6.45) is 5.60. The number of carbonyl (C=O) groups excluding carboxylic acids is 1. The molecule has 1 aromatic heterocycles. The topological polar surface area (TPSA) is 74.1 Å². The van der Waals surface area contributed by atoms with E-state index in [1.807, 2.05) is 0 Å². The maximum atomic E-state index is 12.9. The van der Waals surface area contributed by atoms with Crippen molar-refractivity contribution in [2.24, 2.45) is 17.3 Å². The Hall–Kier alpha value is -1.95. The molecule has 1 aromatic carbocycles. The number of aromatic nitrogens is 3. The SMILES string of the molecule is O=C(OCn1nnc2ccccc2c1=O)C12CC3CC(CC(Cl)(C3)C1)C2. The fraction of sp³-hybridized carbons (Fsp3) is 0.579. The van der Waals surface area contributed by atoms with Crippen molar-refractivity contribution in [1.29, 1.82) is 0 Å². The zero-order valence-electron chi connectivity index (χ0n) is 14.4. The second kappa shape index (κ2) is 5.52. The van der Waals surface area contributed by atoms with Gasteiger partial charge in [-0.25, -0.2) is 0 Å². The first-order valence-corrected chi connectivity index (χ1v) is 9.53. The van der Waals surface area contributed by atoms with Crippen molar-refractivity contribution in [3.05, 3.63) is 34.6 Å². The van der Waals surface area contributed by atoms with Gasteiger partial charge in [-0.05, 0) is 62.5 Å². The van der Waals surface area contributed by atoms with Crippen molar-refractivity contribution < 1.29 is 9.53 Å². The van der Waals surface area contributed by atoms with Crippen LogP contribution >= 0.6 is 11.6 Å². The molecule has 0 radical (unpaired) electrons. The zero-order valence-corrected chi connectivity index (χ0v) is 15.1. The van der Waals surface area contributed by atoms with E-state index < -0.39 is 5.41 Å². The highest BCUT2D eigenvalue weighted by atomic mass is 35.5. The van der Waals surface area contributed by atoms with Crippen LogP contribution < -0.4 is 5.56 Å². The maximum Gasteiger partial charge on any atom is 0.313 e. The summed E-state index contributed by atoms with van der Waals surface area (Å²) in [6, 6.07) is 7.00. The van der Waals surface area contributed by atoms with Gasteiger partial charge in [-0.1, -0.05) is 17.3 Å². The van der Waals surface area contributed by atoms with Gasteiger partial charge in [0.25, 0.3) is 5.56 Å². The van der Waals surface area contributed by atoms with E-state index in [1.54, 1.807) is 24.3 Å². The minimum atomic E-state index is -0.486. The molecule has 0 aliphatic heterocycles. The highest BCUT2D eigenvalue weighted by Crippen LogP contribution is 2.64. The normalized spacial score (nSPS) is 35.0. The van der Waals surface area contributed by atoms with Crippen LogP contribution in [-0.2, 0) is 16.3 Å².